The minimum Gasteiger partial charge on any atom is -0.456 e. The molecule has 0 aliphatic carbocycles. The molecule has 0 amide bonds. The molecule has 6 heteroatoms. The van der Waals surface area contributed by atoms with Gasteiger partial charge in [0.25, 0.3) is 0 Å². The molecule has 1 aromatic carbocycles. The van der Waals surface area contributed by atoms with Crippen molar-refractivity contribution in [3.8, 4) is 0 Å². The fraction of sp³-hybridized carbons (Fsp3) is 0.618. The fourth-order valence-corrected chi connectivity index (χ4v) is 8.89. The highest BCUT2D eigenvalue weighted by atomic mass is 28.4. The summed E-state index contributed by atoms with van der Waals surface area (Å²) in [5, 5.41) is 0. The molecule has 0 N–H and O–H groups in total. The van der Waals surface area contributed by atoms with Crippen molar-refractivity contribution in [1.82, 2.24) is 0 Å². The van der Waals surface area contributed by atoms with Crippen molar-refractivity contribution in [2.45, 2.75) is 125 Å². The summed E-state index contributed by atoms with van der Waals surface area (Å²) >= 11 is 0. The lowest BCUT2D eigenvalue weighted by Crippen LogP contribution is -2.40. The Bertz CT molecular complexity index is 1040. The second-order valence-electron chi connectivity index (χ2n) is 11.8. The lowest BCUT2D eigenvalue weighted by atomic mass is 9.91. The van der Waals surface area contributed by atoms with E-state index < -0.39 is 32.8 Å². The Kier molecular flexibility index (Phi) is 13.1. The third kappa shape index (κ3) is 8.75. The molecule has 1 saturated heterocycles. The van der Waals surface area contributed by atoms with Crippen molar-refractivity contribution in [1.29, 1.82) is 0 Å². The van der Waals surface area contributed by atoms with Crippen LogP contribution in [0.5, 0.6) is 0 Å². The van der Waals surface area contributed by atoms with Crippen LogP contribution in [0.4, 0.5) is 0 Å². The largest absolute Gasteiger partial charge is 0.456 e. The lowest BCUT2D eigenvalue weighted by molar-refractivity contribution is -0.163. The minimum atomic E-state index is -1.71. The molecular formula is C34H54O5Si. The Balaban J connectivity index is 2.05. The van der Waals surface area contributed by atoms with Gasteiger partial charge in [-0.25, -0.2) is 4.79 Å². The quantitative estimate of drug-likeness (QED) is 0.0912. The number of carbonyl (C=O) groups excluding carboxylic acids is 1. The summed E-state index contributed by atoms with van der Waals surface area (Å²) < 4.78 is 24.7. The summed E-state index contributed by atoms with van der Waals surface area (Å²) in [6, 6.07) is 7.61. The molecule has 0 spiro atoms. The Labute approximate surface area is 245 Å². The SMILES string of the molecule is C=C(/C=C(\C)[C@H](CC)O[Si](CC)(CC)CC)C[C@H](C)[C@@H](OC(=O)[C@@H]1CO[C@H](c2c(C)cc(C)cc2C)O1)C(=C)C. The van der Waals surface area contributed by atoms with Crippen LogP contribution in [0.3, 0.4) is 0 Å². The Morgan fingerprint density at radius 2 is 1.65 bits per heavy atom. The van der Waals surface area contributed by atoms with E-state index in [2.05, 4.69) is 79.8 Å². The number of esters is 1. The van der Waals surface area contributed by atoms with Crippen molar-refractivity contribution >= 4 is 14.3 Å². The Morgan fingerprint density at radius 3 is 2.15 bits per heavy atom. The molecule has 2 rings (SSSR count). The van der Waals surface area contributed by atoms with Crippen LogP contribution in [0.25, 0.3) is 0 Å². The fourth-order valence-electron chi connectivity index (χ4n) is 5.94. The zero-order chi connectivity index (χ0) is 30.2. The van der Waals surface area contributed by atoms with Gasteiger partial charge in [0.2, 0.25) is 0 Å². The zero-order valence-electron chi connectivity index (χ0n) is 26.8. The van der Waals surface area contributed by atoms with Gasteiger partial charge >= 0.3 is 5.97 Å². The van der Waals surface area contributed by atoms with E-state index in [1.54, 1.807) is 0 Å². The molecule has 0 radical (unpaired) electrons. The maximum absolute atomic E-state index is 13.2. The topological polar surface area (TPSA) is 54.0 Å². The molecule has 1 aliphatic rings. The maximum atomic E-state index is 13.2. The second-order valence-corrected chi connectivity index (χ2v) is 16.5. The number of aryl methyl sites for hydroxylation is 3. The average Bonchev–Trinajstić information content (AvgIpc) is 3.37. The third-order valence-corrected chi connectivity index (χ3v) is 13.0. The van der Waals surface area contributed by atoms with Gasteiger partial charge in [-0.2, -0.15) is 0 Å². The van der Waals surface area contributed by atoms with Gasteiger partial charge in [-0.1, -0.05) is 77.1 Å². The van der Waals surface area contributed by atoms with Crippen LogP contribution in [0, 0.1) is 26.7 Å². The smallest absolute Gasteiger partial charge is 0.338 e. The average molecular weight is 571 g/mol. The van der Waals surface area contributed by atoms with Crippen LogP contribution in [0.15, 0.2) is 48.1 Å². The second kappa shape index (κ2) is 15.3. The molecule has 1 aliphatic heterocycles. The number of rotatable bonds is 15. The van der Waals surface area contributed by atoms with E-state index in [4.69, 9.17) is 18.6 Å². The highest BCUT2D eigenvalue weighted by molar-refractivity contribution is 6.73. The van der Waals surface area contributed by atoms with Gasteiger partial charge in [-0.15, -0.1) is 0 Å². The van der Waals surface area contributed by atoms with E-state index >= 15 is 0 Å². The van der Waals surface area contributed by atoms with Gasteiger partial charge in [-0.05, 0) is 87.9 Å². The van der Waals surface area contributed by atoms with Gasteiger partial charge in [0.05, 0.1) is 12.7 Å². The monoisotopic (exact) mass is 570 g/mol. The predicted octanol–water partition coefficient (Wildman–Crippen LogP) is 8.84. The van der Waals surface area contributed by atoms with Gasteiger partial charge in [0.1, 0.15) is 6.10 Å². The molecule has 40 heavy (non-hydrogen) atoms. The number of hydrogen-bond acceptors (Lipinski definition) is 5. The molecule has 5 atom stereocenters. The Hall–Kier alpha value is -1.99. The molecule has 1 fully saturated rings. The summed E-state index contributed by atoms with van der Waals surface area (Å²) in [4.78, 5) is 13.2. The first kappa shape index (κ1) is 34.2. The molecule has 224 valence electrons. The normalized spacial score (nSPS) is 20.2. The Morgan fingerprint density at radius 1 is 1.07 bits per heavy atom. The highest BCUT2D eigenvalue weighted by Gasteiger charge is 2.37. The van der Waals surface area contributed by atoms with Gasteiger partial charge < -0.3 is 18.6 Å². The van der Waals surface area contributed by atoms with Crippen molar-refractivity contribution < 1.29 is 23.4 Å². The lowest BCUT2D eigenvalue weighted by Gasteiger charge is -2.33. The van der Waals surface area contributed by atoms with E-state index in [9.17, 15) is 4.79 Å². The first-order valence-corrected chi connectivity index (χ1v) is 17.6. The van der Waals surface area contributed by atoms with Crippen LogP contribution in [0.1, 0.15) is 89.9 Å². The maximum Gasteiger partial charge on any atom is 0.338 e. The van der Waals surface area contributed by atoms with Crippen molar-refractivity contribution in [3.05, 3.63) is 70.3 Å². The van der Waals surface area contributed by atoms with Gasteiger partial charge in [0, 0.05) is 11.5 Å². The summed E-state index contributed by atoms with van der Waals surface area (Å²) in [7, 11) is -1.71. The highest BCUT2D eigenvalue weighted by Crippen LogP contribution is 2.34. The number of carbonyl (C=O) groups is 1. The standard InChI is InChI=1S/C34H54O5Si/c1-13-29(39-40(14-2,15-3)16-4)25(9)17-23(7)20-28(12)32(22(5)6)38-33(35)30-21-36-34(37-30)31-26(10)18-24(8)19-27(31)11/h17-19,28-30,32,34H,5,7,13-16,20-21H2,1-4,6,8-12H3/b25-17+/t28-,29-,30-,32-,34-/m0/s1. The summed E-state index contributed by atoms with van der Waals surface area (Å²) in [5.41, 5.74) is 7.36. The molecule has 1 aromatic rings. The van der Waals surface area contributed by atoms with E-state index in [1.807, 2.05) is 20.8 Å². The molecule has 0 bridgehead atoms. The molecular weight excluding hydrogens is 516 g/mol. The van der Waals surface area contributed by atoms with Crippen LogP contribution >= 0.6 is 0 Å². The van der Waals surface area contributed by atoms with E-state index in [0.717, 1.165) is 52.4 Å². The molecule has 5 nitrogen and oxygen atoms in total. The van der Waals surface area contributed by atoms with Crippen LogP contribution < -0.4 is 0 Å². The van der Waals surface area contributed by atoms with Crippen LogP contribution in [0.2, 0.25) is 18.1 Å². The first-order valence-electron chi connectivity index (χ1n) is 15.1. The minimum absolute atomic E-state index is 0.00842. The molecule has 1 heterocycles. The van der Waals surface area contributed by atoms with Crippen molar-refractivity contribution in [3.63, 3.8) is 0 Å². The molecule has 0 saturated carbocycles. The van der Waals surface area contributed by atoms with Crippen molar-refractivity contribution in [2.75, 3.05) is 6.61 Å². The molecule has 0 unspecified atom stereocenters. The number of allylic oxidation sites excluding steroid dienone is 2. The third-order valence-electron chi connectivity index (χ3n) is 8.39. The predicted molar refractivity (Wildman–Crippen MR) is 168 cm³/mol. The van der Waals surface area contributed by atoms with Crippen molar-refractivity contribution in [2.24, 2.45) is 5.92 Å². The van der Waals surface area contributed by atoms with E-state index in [1.165, 1.54) is 11.1 Å². The van der Waals surface area contributed by atoms with E-state index in [-0.39, 0.29) is 18.6 Å². The zero-order valence-corrected chi connectivity index (χ0v) is 27.8. The number of benzene rings is 1. The molecule has 0 aromatic heterocycles. The van der Waals surface area contributed by atoms with Crippen LogP contribution in [-0.2, 0) is 23.4 Å². The van der Waals surface area contributed by atoms with E-state index in [0.29, 0.717) is 6.42 Å². The summed E-state index contributed by atoms with van der Waals surface area (Å²) in [5.74, 6) is -0.407. The number of ether oxygens (including phenoxy) is 3. The van der Waals surface area contributed by atoms with Gasteiger partial charge in [-0.3, -0.25) is 0 Å². The first-order chi connectivity index (χ1) is 18.8. The summed E-state index contributed by atoms with van der Waals surface area (Å²) in [6.07, 6.45) is 2.11. The van der Waals surface area contributed by atoms with Gasteiger partial charge in [0.15, 0.2) is 20.7 Å². The van der Waals surface area contributed by atoms with Crippen LogP contribution in [-0.4, -0.2) is 39.2 Å². The number of hydrogen-bond donors (Lipinski definition) is 0. The summed E-state index contributed by atoms with van der Waals surface area (Å²) in [6.45, 7) is 29.9.